The van der Waals surface area contributed by atoms with Gasteiger partial charge in [-0.25, -0.2) is 9.18 Å². The number of carbonyl (C=O) groups excluding carboxylic acids is 1. The average Bonchev–Trinajstić information content (AvgIpc) is 2.34. The van der Waals surface area contributed by atoms with Gasteiger partial charge in [-0.3, -0.25) is 0 Å². The maximum Gasteiger partial charge on any atom is 0.319 e. The number of rotatable bonds is 6. The third kappa shape index (κ3) is 5.48. The van der Waals surface area contributed by atoms with Crippen molar-refractivity contribution in [3.8, 4) is 0 Å². The number of carbonyl (C=O) groups is 1. The molecule has 0 fully saturated rings. The predicted octanol–water partition coefficient (Wildman–Crippen LogP) is 2.37. The molecule has 1 aromatic rings. The molecule has 0 aliphatic heterocycles. The zero-order valence-corrected chi connectivity index (χ0v) is 11.9. The van der Waals surface area contributed by atoms with Gasteiger partial charge in [-0.15, -0.1) is 0 Å². The van der Waals surface area contributed by atoms with Crippen LogP contribution in [0.1, 0.15) is 12.0 Å². The first kappa shape index (κ1) is 15.8. The summed E-state index contributed by atoms with van der Waals surface area (Å²) in [7, 11) is 0. The molecule has 0 spiro atoms. The molecule has 106 valence electrons. The van der Waals surface area contributed by atoms with E-state index >= 15 is 0 Å². The van der Waals surface area contributed by atoms with E-state index in [1.54, 1.807) is 30.8 Å². The largest absolute Gasteiger partial charge is 0.396 e. The van der Waals surface area contributed by atoms with Crippen LogP contribution >= 0.6 is 11.8 Å². The number of anilines is 1. The topological polar surface area (TPSA) is 61.4 Å². The molecule has 0 saturated carbocycles. The second kappa shape index (κ2) is 8.01. The Hall–Kier alpha value is -1.27. The Balaban J connectivity index is 2.55. The highest BCUT2D eigenvalue weighted by molar-refractivity contribution is 7.98. The van der Waals surface area contributed by atoms with Crippen molar-refractivity contribution >= 4 is 23.5 Å². The molecule has 0 saturated heterocycles. The van der Waals surface area contributed by atoms with Crippen molar-refractivity contribution in [3.05, 3.63) is 29.6 Å². The molecule has 0 heterocycles. The molecule has 1 atom stereocenters. The Labute approximate surface area is 116 Å². The molecule has 19 heavy (non-hydrogen) atoms. The lowest BCUT2D eigenvalue weighted by atomic mass is 10.2. The molecule has 6 heteroatoms. The van der Waals surface area contributed by atoms with E-state index in [1.165, 1.54) is 6.07 Å². The highest BCUT2D eigenvalue weighted by Gasteiger charge is 2.11. The molecule has 0 aliphatic carbocycles. The Bertz CT molecular complexity index is 423. The number of aliphatic hydroxyl groups excluding tert-OH is 1. The quantitative estimate of drug-likeness (QED) is 0.752. The Morgan fingerprint density at radius 1 is 1.53 bits per heavy atom. The van der Waals surface area contributed by atoms with Gasteiger partial charge in [0, 0.05) is 24.1 Å². The monoisotopic (exact) mass is 286 g/mol. The van der Waals surface area contributed by atoms with E-state index in [2.05, 4.69) is 10.6 Å². The summed E-state index contributed by atoms with van der Waals surface area (Å²) in [5, 5.41) is 14.2. The summed E-state index contributed by atoms with van der Waals surface area (Å²) in [6.45, 7) is 1.68. The Kier molecular flexibility index (Phi) is 6.66. The minimum Gasteiger partial charge on any atom is -0.396 e. The summed E-state index contributed by atoms with van der Waals surface area (Å²) in [4.78, 5) is 11.7. The highest BCUT2D eigenvalue weighted by atomic mass is 32.2. The summed E-state index contributed by atoms with van der Waals surface area (Å²) in [6.07, 6.45) is 2.43. The zero-order chi connectivity index (χ0) is 14.3. The minimum atomic E-state index is -0.393. The fourth-order valence-corrected chi connectivity index (χ4v) is 2.23. The van der Waals surface area contributed by atoms with Crippen molar-refractivity contribution in [3.63, 3.8) is 0 Å². The van der Waals surface area contributed by atoms with Crippen LogP contribution in [0.5, 0.6) is 0 Å². The third-order valence-electron chi connectivity index (χ3n) is 2.61. The molecule has 0 aromatic heterocycles. The zero-order valence-electron chi connectivity index (χ0n) is 11.1. The number of aryl methyl sites for hydroxylation is 1. The molecular formula is C13H19FN2O2S. The van der Waals surface area contributed by atoms with Crippen LogP contribution in [0.2, 0.25) is 0 Å². The summed E-state index contributed by atoms with van der Waals surface area (Å²) in [5.74, 6) is 0.366. The number of thioether (sulfide) groups is 1. The van der Waals surface area contributed by atoms with Crippen LogP contribution in [0.4, 0.5) is 14.9 Å². The van der Waals surface area contributed by atoms with Crippen molar-refractivity contribution < 1.29 is 14.3 Å². The average molecular weight is 286 g/mol. The van der Waals surface area contributed by atoms with Crippen molar-refractivity contribution in [1.82, 2.24) is 5.32 Å². The van der Waals surface area contributed by atoms with E-state index in [0.29, 0.717) is 17.7 Å². The Morgan fingerprint density at radius 2 is 2.26 bits per heavy atom. The first-order valence-electron chi connectivity index (χ1n) is 6.00. The second-order valence-electron chi connectivity index (χ2n) is 4.23. The number of halogens is 1. The first-order valence-corrected chi connectivity index (χ1v) is 7.39. The lowest BCUT2D eigenvalue weighted by molar-refractivity contribution is 0.241. The summed E-state index contributed by atoms with van der Waals surface area (Å²) >= 11 is 1.59. The van der Waals surface area contributed by atoms with Crippen LogP contribution in [0.25, 0.3) is 0 Å². The van der Waals surface area contributed by atoms with Crippen molar-refractivity contribution in [2.24, 2.45) is 0 Å². The van der Waals surface area contributed by atoms with Crippen LogP contribution in [0, 0.1) is 12.7 Å². The second-order valence-corrected chi connectivity index (χ2v) is 5.14. The maximum atomic E-state index is 13.3. The van der Waals surface area contributed by atoms with Crippen molar-refractivity contribution in [2.75, 3.05) is 23.9 Å². The number of hydrogen-bond donors (Lipinski definition) is 3. The summed E-state index contributed by atoms with van der Waals surface area (Å²) in [5.41, 5.74) is 0.944. The van der Waals surface area contributed by atoms with Crippen LogP contribution < -0.4 is 10.6 Å². The van der Waals surface area contributed by atoms with E-state index in [-0.39, 0.29) is 18.5 Å². The molecule has 1 aromatic carbocycles. The van der Waals surface area contributed by atoms with Gasteiger partial charge in [0.15, 0.2) is 0 Å². The number of aliphatic hydroxyl groups is 1. The fraction of sp³-hybridized carbons (Fsp3) is 0.462. The van der Waals surface area contributed by atoms with E-state index in [9.17, 15) is 9.18 Å². The van der Waals surface area contributed by atoms with E-state index in [1.807, 2.05) is 6.26 Å². The van der Waals surface area contributed by atoms with Gasteiger partial charge < -0.3 is 15.7 Å². The maximum absolute atomic E-state index is 13.3. The molecule has 4 nitrogen and oxygen atoms in total. The molecule has 0 bridgehead atoms. The lowest BCUT2D eigenvalue weighted by Gasteiger charge is -2.17. The van der Waals surface area contributed by atoms with Gasteiger partial charge >= 0.3 is 6.03 Å². The number of benzene rings is 1. The lowest BCUT2D eigenvalue weighted by Crippen LogP contribution is -2.40. The molecule has 0 aliphatic rings. The standard InChI is InChI=1S/C13H19FN2O2S/c1-9-3-4-10(7-12(9)14)15-13(18)16-11(5-6-17)8-19-2/h3-4,7,11,17H,5-6,8H2,1-2H3,(H2,15,16,18)/t11-/m0/s1. The van der Waals surface area contributed by atoms with Gasteiger partial charge in [0.05, 0.1) is 0 Å². The van der Waals surface area contributed by atoms with E-state index in [4.69, 9.17) is 5.11 Å². The van der Waals surface area contributed by atoms with Crippen LogP contribution in [0.3, 0.4) is 0 Å². The summed E-state index contributed by atoms with van der Waals surface area (Å²) in [6, 6.07) is 4.04. The molecule has 2 amide bonds. The van der Waals surface area contributed by atoms with Crippen molar-refractivity contribution in [2.45, 2.75) is 19.4 Å². The van der Waals surface area contributed by atoms with Gasteiger partial charge in [-0.05, 0) is 37.3 Å². The van der Waals surface area contributed by atoms with E-state index < -0.39 is 6.03 Å². The smallest absolute Gasteiger partial charge is 0.319 e. The number of amides is 2. The van der Waals surface area contributed by atoms with Gasteiger partial charge in [-0.1, -0.05) is 6.07 Å². The van der Waals surface area contributed by atoms with Gasteiger partial charge in [0.2, 0.25) is 0 Å². The molecule has 0 unspecified atom stereocenters. The number of nitrogens with one attached hydrogen (secondary N) is 2. The number of hydrogen-bond acceptors (Lipinski definition) is 3. The normalized spacial score (nSPS) is 12.0. The SMILES string of the molecule is CSC[C@H](CCO)NC(=O)Nc1ccc(C)c(F)c1. The Morgan fingerprint density at radius 3 is 2.84 bits per heavy atom. The van der Waals surface area contributed by atoms with Crippen LogP contribution in [-0.4, -0.2) is 35.8 Å². The third-order valence-corrected chi connectivity index (χ3v) is 3.35. The fourth-order valence-electron chi connectivity index (χ4n) is 1.58. The first-order chi connectivity index (χ1) is 9.06. The summed E-state index contributed by atoms with van der Waals surface area (Å²) < 4.78 is 13.3. The van der Waals surface area contributed by atoms with E-state index in [0.717, 1.165) is 5.75 Å². The highest BCUT2D eigenvalue weighted by Crippen LogP contribution is 2.13. The predicted molar refractivity (Wildman–Crippen MR) is 77.2 cm³/mol. The molecular weight excluding hydrogens is 267 g/mol. The van der Waals surface area contributed by atoms with Gasteiger partial charge in [0.25, 0.3) is 0 Å². The minimum absolute atomic E-state index is 0.0185. The molecule has 0 radical (unpaired) electrons. The number of urea groups is 1. The van der Waals surface area contributed by atoms with Crippen LogP contribution in [0.15, 0.2) is 18.2 Å². The van der Waals surface area contributed by atoms with Crippen molar-refractivity contribution in [1.29, 1.82) is 0 Å². The van der Waals surface area contributed by atoms with Gasteiger partial charge in [0.1, 0.15) is 5.82 Å². The molecule has 1 rings (SSSR count). The van der Waals surface area contributed by atoms with Crippen LogP contribution in [-0.2, 0) is 0 Å². The van der Waals surface area contributed by atoms with Gasteiger partial charge in [-0.2, -0.15) is 11.8 Å². The molecule has 3 N–H and O–H groups in total.